The van der Waals surface area contributed by atoms with Crippen molar-refractivity contribution in [3.63, 3.8) is 0 Å². The lowest BCUT2D eigenvalue weighted by Crippen LogP contribution is -2.31. The number of hydrogen-bond acceptors (Lipinski definition) is 3. The Hall–Kier alpha value is -0.350. The van der Waals surface area contributed by atoms with Gasteiger partial charge in [0.25, 0.3) is 5.91 Å². The van der Waals surface area contributed by atoms with Gasteiger partial charge >= 0.3 is 0 Å². The Kier molecular flexibility index (Phi) is 1.96. The molecular formula is C8H11NO2S. The summed E-state index contributed by atoms with van der Waals surface area (Å²) in [5.74, 6) is 0.473. The monoisotopic (exact) mass is 185 g/mol. The van der Waals surface area contributed by atoms with Crippen LogP contribution in [0.5, 0.6) is 0 Å². The molecule has 0 radical (unpaired) electrons. The van der Waals surface area contributed by atoms with E-state index in [9.17, 15) is 4.79 Å². The summed E-state index contributed by atoms with van der Waals surface area (Å²) in [5, 5.41) is 0.880. The van der Waals surface area contributed by atoms with Crippen LogP contribution >= 0.6 is 11.8 Å². The molecule has 2 aliphatic heterocycles. The summed E-state index contributed by atoms with van der Waals surface area (Å²) in [4.78, 5) is 14.8. The van der Waals surface area contributed by atoms with Gasteiger partial charge in [0.1, 0.15) is 10.6 Å². The fraction of sp³-hybridized carbons (Fsp3) is 0.750. The zero-order valence-electron chi connectivity index (χ0n) is 7.00. The molecule has 2 rings (SSSR count). The molecule has 0 aromatic carbocycles. The topological polar surface area (TPSA) is 38.7 Å². The number of carbonyl (C=O) groups excluding carboxylic acids is 1. The van der Waals surface area contributed by atoms with Gasteiger partial charge in [-0.15, -0.1) is 0 Å². The molecule has 0 bridgehead atoms. The first-order valence-electron chi connectivity index (χ1n) is 4.09. The Morgan fingerprint density at radius 2 is 2.50 bits per heavy atom. The minimum atomic E-state index is -0.253. The summed E-state index contributed by atoms with van der Waals surface area (Å²) in [5.41, 5.74) is -0.253. The van der Waals surface area contributed by atoms with E-state index in [1.54, 1.807) is 0 Å². The van der Waals surface area contributed by atoms with Crippen molar-refractivity contribution in [3.05, 3.63) is 0 Å². The van der Waals surface area contributed by atoms with Gasteiger partial charge in [0, 0.05) is 6.61 Å². The summed E-state index contributed by atoms with van der Waals surface area (Å²) >= 11 is 1.52. The number of amides is 1. The average molecular weight is 185 g/mol. The lowest BCUT2D eigenvalue weighted by Gasteiger charge is -2.21. The molecule has 1 unspecified atom stereocenters. The maximum atomic E-state index is 10.9. The van der Waals surface area contributed by atoms with Crippen LogP contribution < -0.4 is 0 Å². The van der Waals surface area contributed by atoms with Crippen LogP contribution in [0.25, 0.3) is 0 Å². The average Bonchev–Trinajstić information content (AvgIpc) is 2.59. The third kappa shape index (κ3) is 1.29. The lowest BCUT2D eigenvalue weighted by molar-refractivity contribution is -0.115. The van der Waals surface area contributed by atoms with Crippen LogP contribution in [0.1, 0.15) is 19.8 Å². The number of thioether (sulfide) groups is 1. The Balaban J connectivity index is 2.18. The molecule has 0 aromatic rings. The second-order valence-electron chi connectivity index (χ2n) is 3.28. The van der Waals surface area contributed by atoms with Crippen LogP contribution in [-0.4, -0.2) is 28.9 Å². The van der Waals surface area contributed by atoms with Crippen molar-refractivity contribution < 1.29 is 9.53 Å². The van der Waals surface area contributed by atoms with E-state index in [1.165, 1.54) is 11.8 Å². The first-order chi connectivity index (χ1) is 5.71. The molecule has 0 spiro atoms. The van der Waals surface area contributed by atoms with E-state index < -0.39 is 0 Å². The lowest BCUT2D eigenvalue weighted by atomic mass is 10.1. The van der Waals surface area contributed by atoms with E-state index in [-0.39, 0.29) is 11.5 Å². The van der Waals surface area contributed by atoms with E-state index in [0.29, 0.717) is 5.75 Å². The van der Waals surface area contributed by atoms with E-state index in [2.05, 4.69) is 4.99 Å². The molecule has 12 heavy (non-hydrogen) atoms. The van der Waals surface area contributed by atoms with Gasteiger partial charge in [0.15, 0.2) is 0 Å². The fourth-order valence-electron chi connectivity index (χ4n) is 1.53. The van der Waals surface area contributed by atoms with E-state index in [1.807, 2.05) is 6.92 Å². The van der Waals surface area contributed by atoms with Crippen molar-refractivity contribution >= 4 is 22.7 Å². The highest BCUT2D eigenvalue weighted by molar-refractivity contribution is 8.15. The predicted molar refractivity (Wildman–Crippen MR) is 48.5 cm³/mol. The largest absolute Gasteiger partial charge is 0.368 e. The molecule has 1 atom stereocenters. The Bertz CT molecular complexity index is 243. The normalized spacial score (nSPS) is 35.8. The van der Waals surface area contributed by atoms with Crippen molar-refractivity contribution in [2.45, 2.75) is 25.4 Å². The number of nitrogens with zero attached hydrogens (tertiary/aromatic N) is 1. The summed E-state index contributed by atoms with van der Waals surface area (Å²) in [6.07, 6.45) is 2.07. The molecule has 66 valence electrons. The Morgan fingerprint density at radius 1 is 1.67 bits per heavy atom. The van der Waals surface area contributed by atoms with Crippen LogP contribution in [0.15, 0.2) is 4.99 Å². The second kappa shape index (κ2) is 2.85. The minimum absolute atomic E-state index is 0.0216. The highest BCUT2D eigenvalue weighted by atomic mass is 32.2. The van der Waals surface area contributed by atoms with Gasteiger partial charge in [-0.1, -0.05) is 11.8 Å². The van der Waals surface area contributed by atoms with Crippen molar-refractivity contribution in [2.24, 2.45) is 4.99 Å². The molecule has 3 nitrogen and oxygen atoms in total. The third-order valence-electron chi connectivity index (χ3n) is 2.23. The van der Waals surface area contributed by atoms with Crippen LogP contribution in [0.4, 0.5) is 0 Å². The molecule has 4 heteroatoms. The number of aliphatic imine (C=N–C) groups is 1. The van der Waals surface area contributed by atoms with Gasteiger partial charge in [-0.25, -0.2) is 4.99 Å². The van der Waals surface area contributed by atoms with Crippen molar-refractivity contribution in [1.29, 1.82) is 0 Å². The van der Waals surface area contributed by atoms with Gasteiger partial charge in [0.2, 0.25) is 0 Å². The molecule has 1 fully saturated rings. The molecule has 0 aromatic heterocycles. The number of carbonyl (C=O) groups is 1. The van der Waals surface area contributed by atoms with Crippen LogP contribution in [0, 0.1) is 0 Å². The zero-order valence-corrected chi connectivity index (χ0v) is 7.82. The molecule has 2 aliphatic rings. The minimum Gasteiger partial charge on any atom is -0.368 e. The first-order valence-corrected chi connectivity index (χ1v) is 5.08. The summed E-state index contributed by atoms with van der Waals surface area (Å²) in [6, 6.07) is 0. The quantitative estimate of drug-likeness (QED) is 0.616. The predicted octanol–water partition coefficient (Wildman–Crippen LogP) is 1.23. The summed E-state index contributed by atoms with van der Waals surface area (Å²) in [7, 11) is 0. The molecule has 2 heterocycles. The van der Waals surface area contributed by atoms with Gasteiger partial charge in [-0.2, -0.15) is 0 Å². The highest BCUT2D eigenvalue weighted by Gasteiger charge is 2.38. The van der Waals surface area contributed by atoms with Gasteiger partial charge in [-0.3, -0.25) is 4.79 Å². The highest BCUT2D eigenvalue weighted by Crippen LogP contribution is 2.33. The Morgan fingerprint density at radius 3 is 3.00 bits per heavy atom. The van der Waals surface area contributed by atoms with Crippen molar-refractivity contribution in [1.82, 2.24) is 0 Å². The number of ether oxygens (including phenoxy) is 1. The maximum Gasteiger partial charge on any atom is 0.256 e. The standard InChI is InChI=1S/C8H11NO2S/c1-8(3-2-4-11-8)7-9-6(10)5-12-7/h2-5H2,1H3. The fourth-order valence-corrected chi connectivity index (χ4v) is 2.48. The van der Waals surface area contributed by atoms with Crippen LogP contribution in [0.3, 0.4) is 0 Å². The van der Waals surface area contributed by atoms with Crippen molar-refractivity contribution in [3.8, 4) is 0 Å². The first kappa shape index (κ1) is 8.26. The van der Waals surface area contributed by atoms with Crippen molar-refractivity contribution in [2.75, 3.05) is 12.4 Å². The second-order valence-corrected chi connectivity index (χ2v) is 4.25. The zero-order chi connectivity index (χ0) is 8.60. The molecule has 1 saturated heterocycles. The molecule has 0 aliphatic carbocycles. The van der Waals surface area contributed by atoms with Gasteiger partial charge in [-0.05, 0) is 19.8 Å². The van der Waals surface area contributed by atoms with Crippen LogP contribution in [0.2, 0.25) is 0 Å². The number of hydrogen-bond donors (Lipinski definition) is 0. The van der Waals surface area contributed by atoms with E-state index >= 15 is 0 Å². The van der Waals surface area contributed by atoms with Crippen LogP contribution in [-0.2, 0) is 9.53 Å². The smallest absolute Gasteiger partial charge is 0.256 e. The van der Waals surface area contributed by atoms with E-state index in [4.69, 9.17) is 4.74 Å². The van der Waals surface area contributed by atoms with E-state index in [0.717, 1.165) is 24.5 Å². The molecule has 1 amide bonds. The summed E-state index contributed by atoms with van der Waals surface area (Å²) in [6.45, 7) is 2.81. The van der Waals surface area contributed by atoms with Gasteiger partial charge < -0.3 is 4.74 Å². The third-order valence-corrected chi connectivity index (χ3v) is 3.42. The van der Waals surface area contributed by atoms with Gasteiger partial charge in [0.05, 0.1) is 5.75 Å². The SMILES string of the molecule is CC1(C2=NC(=O)CS2)CCCO1. The molecule has 0 saturated carbocycles. The Labute approximate surface area is 75.6 Å². The summed E-state index contributed by atoms with van der Waals surface area (Å²) < 4.78 is 5.57. The number of rotatable bonds is 1. The molecule has 0 N–H and O–H groups in total. The molecular weight excluding hydrogens is 174 g/mol. The maximum absolute atomic E-state index is 10.9.